The smallest absolute Gasteiger partial charge is 0.261 e. The summed E-state index contributed by atoms with van der Waals surface area (Å²) in [6.45, 7) is 1.10. The highest BCUT2D eigenvalue weighted by atomic mass is 32.1. The Kier molecular flexibility index (Phi) is 6.02. The molecule has 6 nitrogen and oxygen atoms in total. The summed E-state index contributed by atoms with van der Waals surface area (Å²) >= 11 is 1.52. The third kappa shape index (κ3) is 4.44. The summed E-state index contributed by atoms with van der Waals surface area (Å²) in [6.07, 6.45) is 7.79. The van der Waals surface area contributed by atoms with Crippen LogP contribution in [-0.2, 0) is 19.4 Å². The lowest BCUT2D eigenvalue weighted by atomic mass is 10.0. The lowest BCUT2D eigenvalue weighted by Gasteiger charge is -2.16. The van der Waals surface area contributed by atoms with Gasteiger partial charge in [0.2, 0.25) is 0 Å². The van der Waals surface area contributed by atoms with Gasteiger partial charge in [0.05, 0.1) is 16.8 Å². The Morgan fingerprint density at radius 3 is 2.91 bits per heavy atom. The first kappa shape index (κ1) is 21.5. The van der Waals surface area contributed by atoms with Crippen molar-refractivity contribution in [1.82, 2.24) is 20.1 Å². The number of carbonyl (C=O) groups is 1. The first-order valence-corrected chi connectivity index (χ1v) is 11.8. The van der Waals surface area contributed by atoms with E-state index in [1.165, 1.54) is 28.3 Å². The molecule has 0 bridgehead atoms. The molecule has 1 aliphatic heterocycles. The number of carbonyl (C=O) groups excluding carboxylic acids is 1. The molecule has 0 aliphatic carbocycles. The molecule has 1 aromatic carbocycles. The van der Waals surface area contributed by atoms with Gasteiger partial charge >= 0.3 is 0 Å². The second kappa shape index (κ2) is 9.25. The molecule has 1 unspecified atom stereocenters. The van der Waals surface area contributed by atoms with Crippen LogP contribution in [0, 0.1) is 5.82 Å². The summed E-state index contributed by atoms with van der Waals surface area (Å²) in [5.41, 5.74) is 10.8. The van der Waals surface area contributed by atoms with E-state index in [0.717, 1.165) is 47.3 Å². The van der Waals surface area contributed by atoms with Gasteiger partial charge in [-0.15, -0.1) is 11.3 Å². The third-order valence-electron chi connectivity index (χ3n) is 5.86. The van der Waals surface area contributed by atoms with Crippen molar-refractivity contribution in [3.05, 3.63) is 82.2 Å². The molecule has 0 saturated carbocycles. The van der Waals surface area contributed by atoms with Crippen molar-refractivity contribution in [1.29, 1.82) is 0 Å². The van der Waals surface area contributed by atoms with Crippen molar-refractivity contribution in [2.75, 3.05) is 6.54 Å². The normalized spacial score (nSPS) is 13.6. The fourth-order valence-corrected chi connectivity index (χ4v) is 5.39. The van der Waals surface area contributed by atoms with Crippen LogP contribution in [0.3, 0.4) is 0 Å². The molecule has 0 spiro atoms. The van der Waals surface area contributed by atoms with Crippen LogP contribution in [0.5, 0.6) is 0 Å². The summed E-state index contributed by atoms with van der Waals surface area (Å²) in [7, 11) is 0. The topological polar surface area (TPSA) is 85.8 Å². The maximum Gasteiger partial charge on any atom is 0.261 e. The number of amides is 1. The van der Waals surface area contributed by atoms with E-state index >= 15 is 0 Å². The second-order valence-electron chi connectivity index (χ2n) is 8.16. The number of fused-ring (bicyclic) bond motifs is 3. The summed E-state index contributed by atoms with van der Waals surface area (Å²) < 4.78 is 15.6. The molecular weight excluding hydrogens is 437 g/mol. The lowest BCUT2D eigenvalue weighted by molar-refractivity contribution is 0.0942. The summed E-state index contributed by atoms with van der Waals surface area (Å²) in [5.74, 6) is -0.452. The predicted molar refractivity (Wildman–Crippen MR) is 128 cm³/mol. The molecular formula is C25H24FN5OS. The van der Waals surface area contributed by atoms with Crippen LogP contribution < -0.4 is 11.1 Å². The fraction of sp³-hybridized carbons (Fsp3) is 0.240. The van der Waals surface area contributed by atoms with E-state index in [1.54, 1.807) is 12.3 Å². The van der Waals surface area contributed by atoms with E-state index in [1.807, 2.05) is 41.3 Å². The van der Waals surface area contributed by atoms with Gasteiger partial charge in [0.15, 0.2) is 0 Å². The molecule has 3 N–H and O–H groups in total. The zero-order valence-electron chi connectivity index (χ0n) is 18.0. The van der Waals surface area contributed by atoms with Gasteiger partial charge in [-0.25, -0.2) is 4.39 Å². The van der Waals surface area contributed by atoms with Crippen molar-refractivity contribution < 1.29 is 9.18 Å². The van der Waals surface area contributed by atoms with Gasteiger partial charge in [-0.2, -0.15) is 5.10 Å². The van der Waals surface area contributed by atoms with Gasteiger partial charge in [0.25, 0.3) is 5.91 Å². The summed E-state index contributed by atoms with van der Waals surface area (Å²) in [5, 5.41) is 7.64. The maximum absolute atomic E-state index is 13.5. The fourth-order valence-electron chi connectivity index (χ4n) is 4.29. The predicted octanol–water partition coefficient (Wildman–Crippen LogP) is 4.06. The summed E-state index contributed by atoms with van der Waals surface area (Å²) in [6, 6.07) is 12.0. The minimum atomic E-state index is -0.294. The van der Waals surface area contributed by atoms with Crippen molar-refractivity contribution >= 4 is 17.2 Å². The Labute approximate surface area is 195 Å². The lowest BCUT2D eigenvalue weighted by Crippen LogP contribution is -2.41. The van der Waals surface area contributed by atoms with Crippen LogP contribution >= 0.6 is 11.3 Å². The number of rotatable bonds is 6. The molecule has 1 aliphatic rings. The molecule has 1 atom stereocenters. The second-order valence-corrected chi connectivity index (χ2v) is 9.30. The maximum atomic E-state index is 13.5. The number of hydrogen-bond donors (Lipinski definition) is 2. The van der Waals surface area contributed by atoms with Crippen molar-refractivity contribution in [3.63, 3.8) is 0 Å². The number of thiophene rings is 1. The van der Waals surface area contributed by atoms with Crippen LogP contribution in [0.2, 0.25) is 0 Å². The van der Waals surface area contributed by atoms with Gasteiger partial charge in [-0.05, 0) is 49.1 Å². The molecule has 4 heterocycles. The monoisotopic (exact) mass is 461 g/mol. The molecule has 4 aromatic rings. The Balaban J connectivity index is 1.42. The van der Waals surface area contributed by atoms with E-state index in [2.05, 4.69) is 15.4 Å². The van der Waals surface area contributed by atoms with Crippen molar-refractivity contribution in [2.24, 2.45) is 5.73 Å². The molecule has 0 fully saturated rings. The molecule has 0 saturated heterocycles. The number of nitrogens with zero attached hydrogens (tertiary/aromatic N) is 3. The highest BCUT2D eigenvalue weighted by Crippen LogP contribution is 2.40. The van der Waals surface area contributed by atoms with E-state index < -0.39 is 0 Å². The minimum absolute atomic E-state index is 0.158. The minimum Gasteiger partial charge on any atom is -0.347 e. The molecule has 0 radical (unpaired) electrons. The van der Waals surface area contributed by atoms with Gasteiger partial charge in [0, 0.05) is 53.1 Å². The number of hydrogen-bond acceptors (Lipinski definition) is 5. The van der Waals surface area contributed by atoms with Gasteiger partial charge in [-0.1, -0.05) is 18.2 Å². The van der Waals surface area contributed by atoms with Crippen molar-refractivity contribution in [2.45, 2.75) is 31.8 Å². The van der Waals surface area contributed by atoms with Gasteiger partial charge in [0.1, 0.15) is 5.82 Å². The zero-order valence-corrected chi connectivity index (χ0v) is 18.8. The standard InChI is InChI=1S/C25H24FN5OS/c26-18-6-1-4-16(10-18)11-19(13-27)30-25(32)23-12-20-22(33-23)7-3-9-31-24(20)21(15-29-31)17-5-2-8-28-14-17/h1-2,4-6,8,10,12,14-15,19H,3,7,9,11,13,27H2,(H,30,32). The summed E-state index contributed by atoms with van der Waals surface area (Å²) in [4.78, 5) is 19.2. The first-order valence-electron chi connectivity index (χ1n) is 11.0. The highest BCUT2D eigenvalue weighted by molar-refractivity contribution is 7.14. The number of halogens is 1. The van der Waals surface area contributed by atoms with Crippen LogP contribution in [0.1, 0.15) is 26.5 Å². The van der Waals surface area contributed by atoms with Gasteiger partial charge < -0.3 is 11.1 Å². The quantitative estimate of drug-likeness (QED) is 0.453. The SMILES string of the molecule is NCC(Cc1cccc(F)c1)NC(=O)c1cc2c(s1)CCCn1ncc(-c3cccnc3)c1-2. The Bertz CT molecular complexity index is 1280. The number of aryl methyl sites for hydroxylation is 2. The number of benzene rings is 1. The van der Waals surface area contributed by atoms with Gasteiger partial charge in [-0.3, -0.25) is 14.5 Å². The molecule has 1 amide bonds. The average Bonchev–Trinajstić information content (AvgIpc) is 3.40. The highest BCUT2D eigenvalue weighted by Gasteiger charge is 2.25. The Morgan fingerprint density at radius 1 is 1.21 bits per heavy atom. The molecule has 5 rings (SSSR count). The Hall–Kier alpha value is -3.36. The van der Waals surface area contributed by atoms with Crippen LogP contribution in [-0.4, -0.2) is 33.3 Å². The van der Waals surface area contributed by atoms with Crippen LogP contribution in [0.25, 0.3) is 22.4 Å². The van der Waals surface area contributed by atoms with Crippen LogP contribution in [0.15, 0.2) is 61.1 Å². The van der Waals surface area contributed by atoms with E-state index in [0.29, 0.717) is 11.3 Å². The third-order valence-corrected chi connectivity index (χ3v) is 7.06. The number of pyridine rings is 1. The zero-order chi connectivity index (χ0) is 22.8. The molecule has 168 valence electrons. The number of aromatic nitrogens is 3. The first-order chi connectivity index (χ1) is 16.1. The average molecular weight is 462 g/mol. The molecule has 3 aromatic heterocycles. The van der Waals surface area contributed by atoms with Crippen molar-refractivity contribution in [3.8, 4) is 22.4 Å². The number of nitrogens with two attached hydrogens (primary N) is 1. The molecule has 8 heteroatoms. The Morgan fingerprint density at radius 2 is 2.12 bits per heavy atom. The number of nitrogens with one attached hydrogen (secondary N) is 1. The van der Waals surface area contributed by atoms with E-state index in [9.17, 15) is 9.18 Å². The van der Waals surface area contributed by atoms with Crippen LogP contribution in [0.4, 0.5) is 4.39 Å². The van der Waals surface area contributed by atoms with E-state index in [-0.39, 0.29) is 24.3 Å². The van der Waals surface area contributed by atoms with E-state index in [4.69, 9.17) is 5.73 Å². The molecule has 33 heavy (non-hydrogen) atoms. The largest absolute Gasteiger partial charge is 0.347 e.